The molecule has 2 rings (SSSR count). The quantitative estimate of drug-likeness (QED) is 0.828. The molecule has 1 aromatic heterocycles. The molecule has 2 unspecified atom stereocenters. The van der Waals surface area contributed by atoms with Crippen LogP contribution >= 0.6 is 0 Å². The number of hydrogen-bond acceptors (Lipinski definition) is 5. The van der Waals surface area contributed by atoms with Crippen LogP contribution in [0.4, 0.5) is 0 Å². The topological polar surface area (TPSA) is 54.8 Å². The zero-order chi connectivity index (χ0) is 15.1. The molecule has 21 heavy (non-hydrogen) atoms. The monoisotopic (exact) mass is 294 g/mol. The summed E-state index contributed by atoms with van der Waals surface area (Å²) in [5.74, 6) is 0. The molecule has 2 atom stereocenters. The van der Waals surface area contributed by atoms with Gasteiger partial charge in [-0.3, -0.25) is 9.88 Å². The minimum Gasteiger partial charge on any atom is -0.389 e. The lowest BCUT2D eigenvalue weighted by atomic mass is 10.1. The van der Waals surface area contributed by atoms with Gasteiger partial charge in [-0.25, -0.2) is 0 Å². The molecule has 0 spiro atoms. The van der Waals surface area contributed by atoms with Crippen LogP contribution in [0.2, 0.25) is 0 Å². The van der Waals surface area contributed by atoms with Crippen molar-refractivity contribution in [2.75, 3.05) is 33.4 Å². The Morgan fingerprint density at radius 2 is 2.05 bits per heavy atom. The number of nitrogens with zero attached hydrogens (tertiary/aromatic N) is 2. The highest BCUT2D eigenvalue weighted by Crippen LogP contribution is 2.18. The van der Waals surface area contributed by atoms with Gasteiger partial charge in [0.25, 0.3) is 0 Å². The Kier molecular flexibility index (Phi) is 6.57. The fourth-order valence-electron chi connectivity index (χ4n) is 2.53. The Balaban J connectivity index is 1.72. The number of aromatic nitrogens is 1. The normalized spacial score (nSPS) is 19.6. The fraction of sp³-hybridized carbons (Fsp3) is 0.688. The third-order valence-electron chi connectivity index (χ3n) is 4.04. The molecule has 0 aliphatic carbocycles. The Hall–Kier alpha value is -1.01. The largest absolute Gasteiger partial charge is 0.389 e. The summed E-state index contributed by atoms with van der Waals surface area (Å²) in [6.45, 7) is 4.63. The van der Waals surface area contributed by atoms with E-state index in [-0.39, 0.29) is 12.1 Å². The maximum Gasteiger partial charge on any atom is 0.0900 e. The average molecular weight is 294 g/mol. The molecular formula is C16H26N2O3. The molecule has 1 aromatic rings. The SMILES string of the molecule is CC(c1ccncc1)N(C)CC(O)COC1CCOCC1. The van der Waals surface area contributed by atoms with Gasteiger partial charge in [-0.05, 0) is 44.5 Å². The van der Waals surface area contributed by atoms with Crippen LogP contribution in [0.5, 0.6) is 0 Å². The van der Waals surface area contributed by atoms with Crippen molar-refractivity contribution in [3.8, 4) is 0 Å². The smallest absolute Gasteiger partial charge is 0.0900 e. The average Bonchev–Trinajstić information content (AvgIpc) is 2.54. The van der Waals surface area contributed by atoms with Crippen LogP contribution in [0.25, 0.3) is 0 Å². The summed E-state index contributed by atoms with van der Waals surface area (Å²) < 4.78 is 11.1. The Bertz CT molecular complexity index is 396. The number of likely N-dealkylation sites (N-methyl/N-ethyl adjacent to an activating group) is 1. The molecule has 1 fully saturated rings. The van der Waals surface area contributed by atoms with Crippen LogP contribution in [0.15, 0.2) is 24.5 Å². The maximum absolute atomic E-state index is 10.1. The molecule has 1 N–H and O–H groups in total. The number of hydrogen-bond donors (Lipinski definition) is 1. The first kappa shape index (κ1) is 16.4. The summed E-state index contributed by atoms with van der Waals surface area (Å²) in [5, 5.41) is 10.1. The van der Waals surface area contributed by atoms with Crippen molar-refractivity contribution in [3.05, 3.63) is 30.1 Å². The molecule has 5 nitrogen and oxygen atoms in total. The summed E-state index contributed by atoms with van der Waals surface area (Å²) in [5.41, 5.74) is 1.20. The Morgan fingerprint density at radius 3 is 2.71 bits per heavy atom. The van der Waals surface area contributed by atoms with Gasteiger partial charge in [-0.15, -0.1) is 0 Å². The van der Waals surface area contributed by atoms with E-state index in [0.717, 1.165) is 26.1 Å². The standard InChI is InChI=1S/C16H26N2O3/c1-13(14-3-7-17-8-4-14)18(2)11-15(19)12-21-16-5-9-20-10-6-16/h3-4,7-8,13,15-16,19H,5-6,9-12H2,1-2H3. The number of aliphatic hydroxyl groups is 1. The summed E-state index contributed by atoms with van der Waals surface area (Å²) in [4.78, 5) is 6.16. The van der Waals surface area contributed by atoms with Crippen LogP contribution in [0.3, 0.4) is 0 Å². The van der Waals surface area contributed by atoms with E-state index < -0.39 is 6.10 Å². The van der Waals surface area contributed by atoms with Gasteiger partial charge in [-0.2, -0.15) is 0 Å². The fourth-order valence-corrected chi connectivity index (χ4v) is 2.53. The van der Waals surface area contributed by atoms with Crippen molar-refractivity contribution < 1.29 is 14.6 Å². The summed E-state index contributed by atoms with van der Waals surface area (Å²) in [7, 11) is 2.02. The van der Waals surface area contributed by atoms with E-state index in [0.29, 0.717) is 13.2 Å². The maximum atomic E-state index is 10.1. The van der Waals surface area contributed by atoms with Gasteiger partial charge < -0.3 is 14.6 Å². The Morgan fingerprint density at radius 1 is 1.38 bits per heavy atom. The lowest BCUT2D eigenvalue weighted by molar-refractivity contribution is -0.0644. The van der Waals surface area contributed by atoms with E-state index in [1.807, 2.05) is 19.2 Å². The van der Waals surface area contributed by atoms with Crippen molar-refractivity contribution in [2.45, 2.75) is 38.0 Å². The van der Waals surface area contributed by atoms with Gasteiger partial charge >= 0.3 is 0 Å². The number of pyridine rings is 1. The highest BCUT2D eigenvalue weighted by molar-refractivity contribution is 5.14. The predicted molar refractivity (Wildman–Crippen MR) is 81.1 cm³/mol. The van der Waals surface area contributed by atoms with Gasteiger partial charge in [0.1, 0.15) is 0 Å². The van der Waals surface area contributed by atoms with E-state index in [1.54, 1.807) is 12.4 Å². The van der Waals surface area contributed by atoms with Crippen molar-refractivity contribution in [1.29, 1.82) is 0 Å². The second-order valence-corrected chi connectivity index (χ2v) is 5.69. The predicted octanol–water partition coefficient (Wildman–Crippen LogP) is 1.63. The first-order valence-corrected chi connectivity index (χ1v) is 7.64. The molecule has 118 valence electrons. The second kappa shape index (κ2) is 8.44. The van der Waals surface area contributed by atoms with Gasteiger partial charge in [-0.1, -0.05) is 0 Å². The zero-order valence-corrected chi connectivity index (χ0v) is 12.9. The number of rotatable bonds is 7. The van der Waals surface area contributed by atoms with Crippen LogP contribution < -0.4 is 0 Å². The highest BCUT2D eigenvalue weighted by Gasteiger charge is 2.18. The lowest BCUT2D eigenvalue weighted by Gasteiger charge is -2.28. The lowest BCUT2D eigenvalue weighted by Crippen LogP contribution is -2.35. The molecule has 5 heteroatoms. The van der Waals surface area contributed by atoms with Crippen LogP contribution in [0.1, 0.15) is 31.4 Å². The van der Waals surface area contributed by atoms with E-state index in [1.165, 1.54) is 5.56 Å². The summed E-state index contributed by atoms with van der Waals surface area (Å²) in [6, 6.07) is 4.25. The van der Waals surface area contributed by atoms with Crippen molar-refractivity contribution >= 4 is 0 Å². The molecule has 0 saturated carbocycles. The third-order valence-corrected chi connectivity index (χ3v) is 4.04. The van der Waals surface area contributed by atoms with Crippen LogP contribution in [0, 0.1) is 0 Å². The first-order chi connectivity index (χ1) is 10.2. The van der Waals surface area contributed by atoms with Crippen molar-refractivity contribution in [3.63, 3.8) is 0 Å². The van der Waals surface area contributed by atoms with Gasteiger partial charge in [0.05, 0.1) is 18.8 Å². The first-order valence-electron chi connectivity index (χ1n) is 7.64. The molecule has 0 radical (unpaired) electrons. The van der Waals surface area contributed by atoms with Crippen molar-refractivity contribution in [1.82, 2.24) is 9.88 Å². The minimum absolute atomic E-state index is 0.233. The summed E-state index contributed by atoms with van der Waals surface area (Å²) in [6.07, 6.45) is 5.21. The molecule has 1 aliphatic heterocycles. The minimum atomic E-state index is -0.470. The second-order valence-electron chi connectivity index (χ2n) is 5.69. The number of ether oxygens (including phenoxy) is 2. The summed E-state index contributed by atoms with van der Waals surface area (Å²) >= 11 is 0. The molecule has 0 bridgehead atoms. The van der Waals surface area contributed by atoms with E-state index in [2.05, 4.69) is 16.8 Å². The van der Waals surface area contributed by atoms with Crippen molar-refractivity contribution in [2.24, 2.45) is 0 Å². The van der Waals surface area contributed by atoms with Crippen LogP contribution in [-0.2, 0) is 9.47 Å². The zero-order valence-electron chi connectivity index (χ0n) is 12.9. The molecule has 0 amide bonds. The highest BCUT2D eigenvalue weighted by atomic mass is 16.5. The van der Waals surface area contributed by atoms with E-state index >= 15 is 0 Å². The van der Waals surface area contributed by atoms with Gasteiger partial charge in [0.15, 0.2) is 0 Å². The van der Waals surface area contributed by atoms with Gasteiger partial charge in [0.2, 0.25) is 0 Å². The molecule has 1 saturated heterocycles. The molecule has 2 heterocycles. The molecule has 1 aliphatic rings. The van der Waals surface area contributed by atoms with Crippen LogP contribution in [-0.4, -0.2) is 60.6 Å². The molecule has 0 aromatic carbocycles. The number of aliphatic hydroxyl groups excluding tert-OH is 1. The van der Waals surface area contributed by atoms with E-state index in [9.17, 15) is 5.11 Å². The van der Waals surface area contributed by atoms with E-state index in [4.69, 9.17) is 9.47 Å². The van der Waals surface area contributed by atoms with Gasteiger partial charge in [0, 0.05) is 38.2 Å². The Labute approximate surface area is 126 Å². The third kappa shape index (κ3) is 5.36. The molecular weight excluding hydrogens is 268 g/mol.